The summed E-state index contributed by atoms with van der Waals surface area (Å²) in [4.78, 5) is 15.0. The molecule has 1 saturated heterocycles. The van der Waals surface area contributed by atoms with Crippen LogP contribution in [0.4, 0.5) is 11.5 Å². The van der Waals surface area contributed by atoms with Gasteiger partial charge in [-0.25, -0.2) is 0 Å². The van der Waals surface area contributed by atoms with Gasteiger partial charge in [0.15, 0.2) is 5.82 Å². The van der Waals surface area contributed by atoms with Gasteiger partial charge in [0.05, 0.1) is 10.6 Å². The van der Waals surface area contributed by atoms with Crippen LogP contribution in [0.3, 0.4) is 0 Å². The van der Waals surface area contributed by atoms with Crippen molar-refractivity contribution in [3.8, 4) is 11.3 Å². The van der Waals surface area contributed by atoms with Gasteiger partial charge in [0.2, 0.25) is 0 Å². The van der Waals surface area contributed by atoms with Gasteiger partial charge in [0, 0.05) is 24.3 Å². The minimum absolute atomic E-state index is 0.0856. The molecule has 126 valence electrons. The molecule has 0 aliphatic carbocycles. The van der Waals surface area contributed by atoms with E-state index in [2.05, 4.69) is 20.4 Å². The Bertz CT molecular complexity index is 838. The van der Waals surface area contributed by atoms with Crippen LogP contribution in [0, 0.1) is 0 Å². The van der Waals surface area contributed by atoms with E-state index in [1.165, 1.54) is 24.2 Å². The van der Waals surface area contributed by atoms with Crippen LogP contribution in [0.1, 0.15) is 22.5 Å². The van der Waals surface area contributed by atoms with Crippen molar-refractivity contribution in [2.24, 2.45) is 0 Å². The van der Waals surface area contributed by atoms with Crippen molar-refractivity contribution in [3.63, 3.8) is 0 Å². The third-order valence-electron chi connectivity index (χ3n) is 4.26. The van der Waals surface area contributed by atoms with E-state index in [9.17, 15) is 4.79 Å². The molecular weight excluding hydrogens is 332 g/mol. The lowest BCUT2D eigenvalue weighted by Crippen LogP contribution is -2.19. The Morgan fingerprint density at radius 1 is 1.00 bits per heavy atom. The van der Waals surface area contributed by atoms with E-state index < -0.39 is 0 Å². The average molecular weight is 350 g/mol. The summed E-state index contributed by atoms with van der Waals surface area (Å²) < 4.78 is 0. The van der Waals surface area contributed by atoms with Crippen molar-refractivity contribution in [2.75, 3.05) is 23.3 Å². The number of nitrogens with zero attached hydrogens (tertiary/aromatic N) is 3. The molecule has 3 aromatic rings. The van der Waals surface area contributed by atoms with Gasteiger partial charge in [-0.3, -0.25) is 4.79 Å². The Kier molecular flexibility index (Phi) is 4.43. The number of anilines is 2. The number of aromatic nitrogens is 2. The summed E-state index contributed by atoms with van der Waals surface area (Å²) in [5.41, 5.74) is 2.58. The number of carbonyl (C=O) groups excluding carboxylic acids is 1. The molecule has 0 radical (unpaired) electrons. The minimum Gasteiger partial charge on any atom is -0.355 e. The number of thiophene rings is 1. The number of amides is 1. The predicted octanol–water partition coefficient (Wildman–Crippen LogP) is 4.06. The van der Waals surface area contributed by atoms with Gasteiger partial charge < -0.3 is 10.2 Å². The van der Waals surface area contributed by atoms with Gasteiger partial charge in [-0.15, -0.1) is 21.5 Å². The first-order valence-electron chi connectivity index (χ1n) is 8.33. The molecule has 25 heavy (non-hydrogen) atoms. The number of carbonyl (C=O) groups is 1. The fraction of sp³-hybridized carbons (Fsp3) is 0.211. The number of hydrogen-bond donors (Lipinski definition) is 1. The van der Waals surface area contributed by atoms with E-state index in [0.29, 0.717) is 4.88 Å². The summed E-state index contributed by atoms with van der Waals surface area (Å²) in [6, 6.07) is 15.4. The van der Waals surface area contributed by atoms with Crippen molar-refractivity contribution < 1.29 is 4.79 Å². The smallest absolute Gasteiger partial charge is 0.265 e. The molecular formula is C19H18N4OS. The van der Waals surface area contributed by atoms with E-state index in [1.807, 2.05) is 53.9 Å². The van der Waals surface area contributed by atoms with E-state index in [-0.39, 0.29) is 5.91 Å². The zero-order valence-electron chi connectivity index (χ0n) is 13.7. The van der Waals surface area contributed by atoms with Crippen LogP contribution in [0.2, 0.25) is 0 Å². The molecule has 0 bridgehead atoms. The summed E-state index contributed by atoms with van der Waals surface area (Å²) in [5, 5.41) is 13.5. The lowest BCUT2D eigenvalue weighted by atomic mass is 10.1. The first-order chi connectivity index (χ1) is 12.3. The first kappa shape index (κ1) is 15.8. The van der Waals surface area contributed by atoms with Crippen LogP contribution in [0.25, 0.3) is 11.3 Å². The molecule has 0 saturated carbocycles. The molecule has 1 N–H and O–H groups in total. The van der Waals surface area contributed by atoms with Crippen molar-refractivity contribution in [2.45, 2.75) is 12.8 Å². The summed E-state index contributed by atoms with van der Waals surface area (Å²) >= 11 is 1.43. The SMILES string of the molecule is O=C(Nc1ccc(-c2ccc(N3CCCC3)nn2)cc1)c1cccs1. The lowest BCUT2D eigenvalue weighted by molar-refractivity contribution is 0.103. The highest BCUT2D eigenvalue weighted by molar-refractivity contribution is 7.12. The Morgan fingerprint density at radius 3 is 2.44 bits per heavy atom. The first-order valence-corrected chi connectivity index (χ1v) is 9.21. The van der Waals surface area contributed by atoms with Crippen LogP contribution in [-0.2, 0) is 0 Å². The van der Waals surface area contributed by atoms with Crippen LogP contribution in [0.5, 0.6) is 0 Å². The molecule has 6 heteroatoms. The van der Waals surface area contributed by atoms with E-state index in [4.69, 9.17) is 0 Å². The normalized spacial score (nSPS) is 13.8. The van der Waals surface area contributed by atoms with Crippen LogP contribution in [0.15, 0.2) is 53.9 Å². The van der Waals surface area contributed by atoms with Crippen LogP contribution >= 0.6 is 11.3 Å². The molecule has 1 amide bonds. The lowest BCUT2D eigenvalue weighted by Gasteiger charge is -2.15. The molecule has 1 aliphatic rings. The summed E-state index contributed by atoms with van der Waals surface area (Å²) in [6.45, 7) is 2.12. The predicted molar refractivity (Wildman–Crippen MR) is 101 cm³/mol. The molecule has 1 fully saturated rings. The van der Waals surface area contributed by atoms with Crippen molar-refractivity contribution in [1.29, 1.82) is 0 Å². The summed E-state index contributed by atoms with van der Waals surface area (Å²) in [7, 11) is 0. The molecule has 4 rings (SSSR count). The Labute approximate surface area is 150 Å². The zero-order chi connectivity index (χ0) is 17.1. The van der Waals surface area contributed by atoms with Crippen molar-refractivity contribution in [3.05, 3.63) is 58.8 Å². The summed E-state index contributed by atoms with van der Waals surface area (Å²) in [6.07, 6.45) is 2.45. The number of rotatable bonds is 4. The molecule has 5 nitrogen and oxygen atoms in total. The minimum atomic E-state index is -0.0856. The largest absolute Gasteiger partial charge is 0.355 e. The standard InChI is InChI=1S/C19H18N4OS/c24-19(17-4-3-13-25-17)20-15-7-5-14(6-8-15)16-9-10-18(22-21-16)23-11-1-2-12-23/h3-10,13H,1-2,11-12H2,(H,20,24). The maximum Gasteiger partial charge on any atom is 0.265 e. The van der Waals surface area contributed by atoms with E-state index >= 15 is 0 Å². The second-order valence-corrected chi connectivity index (χ2v) is 6.93. The average Bonchev–Trinajstić information content (AvgIpc) is 3.36. The zero-order valence-corrected chi connectivity index (χ0v) is 14.5. The van der Waals surface area contributed by atoms with Gasteiger partial charge in [-0.05, 0) is 48.6 Å². The van der Waals surface area contributed by atoms with Crippen molar-refractivity contribution >= 4 is 28.7 Å². The third-order valence-corrected chi connectivity index (χ3v) is 5.13. The van der Waals surface area contributed by atoms with Gasteiger partial charge in [-0.2, -0.15) is 0 Å². The molecule has 1 aromatic carbocycles. The van der Waals surface area contributed by atoms with Gasteiger partial charge in [0.1, 0.15) is 0 Å². The number of hydrogen-bond acceptors (Lipinski definition) is 5. The topological polar surface area (TPSA) is 58.1 Å². The van der Waals surface area contributed by atoms with Crippen LogP contribution < -0.4 is 10.2 Å². The molecule has 2 aromatic heterocycles. The highest BCUT2D eigenvalue weighted by Crippen LogP contribution is 2.23. The molecule has 0 spiro atoms. The Morgan fingerprint density at radius 2 is 1.80 bits per heavy atom. The Hall–Kier alpha value is -2.73. The van der Waals surface area contributed by atoms with Crippen LogP contribution in [-0.4, -0.2) is 29.2 Å². The maximum absolute atomic E-state index is 12.1. The highest BCUT2D eigenvalue weighted by atomic mass is 32.1. The van der Waals surface area contributed by atoms with Gasteiger partial charge in [-0.1, -0.05) is 18.2 Å². The van der Waals surface area contributed by atoms with E-state index in [1.54, 1.807) is 0 Å². The number of benzene rings is 1. The Balaban J connectivity index is 1.45. The molecule has 1 aliphatic heterocycles. The fourth-order valence-electron chi connectivity index (χ4n) is 2.92. The molecule has 0 unspecified atom stereocenters. The second kappa shape index (κ2) is 7.03. The third kappa shape index (κ3) is 3.53. The molecule has 3 heterocycles. The maximum atomic E-state index is 12.1. The monoisotopic (exact) mass is 350 g/mol. The molecule has 0 atom stereocenters. The van der Waals surface area contributed by atoms with Gasteiger partial charge in [0.25, 0.3) is 5.91 Å². The summed E-state index contributed by atoms with van der Waals surface area (Å²) in [5.74, 6) is 0.860. The number of nitrogens with one attached hydrogen (secondary N) is 1. The van der Waals surface area contributed by atoms with Gasteiger partial charge >= 0.3 is 0 Å². The fourth-order valence-corrected chi connectivity index (χ4v) is 3.54. The highest BCUT2D eigenvalue weighted by Gasteiger charge is 2.14. The quantitative estimate of drug-likeness (QED) is 0.771. The second-order valence-electron chi connectivity index (χ2n) is 5.98. The van der Waals surface area contributed by atoms with Crippen molar-refractivity contribution in [1.82, 2.24) is 10.2 Å². The van der Waals surface area contributed by atoms with E-state index in [0.717, 1.165) is 35.9 Å².